The molecule has 0 bridgehead atoms. The van der Waals surface area contributed by atoms with Crippen LogP contribution in [0.15, 0.2) is 12.1 Å². The van der Waals surface area contributed by atoms with Crippen LogP contribution < -0.4 is 0 Å². The Morgan fingerprint density at radius 1 is 0.792 bits per heavy atom. The zero-order valence-corrected chi connectivity index (χ0v) is 14.7. The van der Waals surface area contributed by atoms with Crippen molar-refractivity contribution in [2.45, 2.75) is 77.0 Å². The maximum absolute atomic E-state index is 13.4. The van der Waals surface area contributed by atoms with Gasteiger partial charge in [-0.3, -0.25) is 0 Å². The molecule has 0 amide bonds. The lowest BCUT2D eigenvalue weighted by atomic mass is 9.68. The van der Waals surface area contributed by atoms with E-state index in [1.54, 1.807) is 0 Å². The highest BCUT2D eigenvalue weighted by Gasteiger charge is 2.31. The summed E-state index contributed by atoms with van der Waals surface area (Å²) in [6, 6.07) is 2.39. The molecule has 3 rings (SSSR count). The van der Waals surface area contributed by atoms with Gasteiger partial charge in [0.2, 0.25) is 0 Å². The van der Waals surface area contributed by atoms with E-state index in [1.165, 1.54) is 50.7 Å². The average molecular weight is 338 g/mol. The number of hydrogen-bond donors (Lipinski definition) is 0. The number of rotatable bonds is 4. The van der Waals surface area contributed by atoms with E-state index < -0.39 is 17.5 Å². The molecule has 0 atom stereocenters. The van der Waals surface area contributed by atoms with Gasteiger partial charge < -0.3 is 0 Å². The number of halogens is 3. The molecule has 0 saturated heterocycles. The summed E-state index contributed by atoms with van der Waals surface area (Å²) in [4.78, 5) is 0. The molecule has 3 heteroatoms. The van der Waals surface area contributed by atoms with E-state index in [2.05, 4.69) is 6.92 Å². The Kier molecular flexibility index (Phi) is 5.89. The molecule has 0 aromatic heterocycles. The second-order valence-corrected chi connectivity index (χ2v) is 7.98. The Morgan fingerprint density at radius 3 is 1.79 bits per heavy atom. The quantitative estimate of drug-likeness (QED) is 0.519. The van der Waals surface area contributed by atoms with Crippen LogP contribution in [-0.2, 0) is 0 Å². The Balaban J connectivity index is 1.53. The Morgan fingerprint density at radius 2 is 1.29 bits per heavy atom. The zero-order chi connectivity index (χ0) is 17.1. The molecule has 2 fully saturated rings. The first-order valence-corrected chi connectivity index (χ1v) is 9.72. The zero-order valence-electron chi connectivity index (χ0n) is 14.7. The first-order valence-electron chi connectivity index (χ1n) is 9.72. The standard InChI is InChI=1S/C21H29F3/c1-2-3-14-4-6-15(7-5-14)16-8-10-17(11-9-16)18-12-19(22)21(24)20(23)13-18/h12-17H,2-11H2,1H3/t14-,15-,16?,17?. The first-order chi connectivity index (χ1) is 11.6. The first kappa shape index (κ1) is 17.8. The van der Waals surface area contributed by atoms with Crippen LogP contribution in [0.2, 0.25) is 0 Å². The van der Waals surface area contributed by atoms with Gasteiger partial charge in [-0.15, -0.1) is 0 Å². The topological polar surface area (TPSA) is 0 Å². The lowest BCUT2D eigenvalue weighted by Gasteiger charge is -2.38. The van der Waals surface area contributed by atoms with Crippen molar-refractivity contribution in [1.29, 1.82) is 0 Å². The molecular weight excluding hydrogens is 309 g/mol. The lowest BCUT2D eigenvalue weighted by molar-refractivity contribution is 0.156. The van der Waals surface area contributed by atoms with Crippen LogP contribution in [0, 0.1) is 35.2 Å². The molecule has 1 aromatic carbocycles. The van der Waals surface area contributed by atoms with Crippen LogP contribution >= 0.6 is 0 Å². The molecule has 0 spiro atoms. The highest BCUT2D eigenvalue weighted by molar-refractivity contribution is 5.23. The van der Waals surface area contributed by atoms with Crippen LogP contribution in [0.1, 0.15) is 82.6 Å². The highest BCUT2D eigenvalue weighted by Crippen LogP contribution is 2.44. The normalized spacial score (nSPS) is 31.2. The van der Waals surface area contributed by atoms with Crippen LogP contribution in [0.25, 0.3) is 0 Å². The maximum Gasteiger partial charge on any atom is 0.194 e. The monoisotopic (exact) mass is 338 g/mol. The summed E-state index contributed by atoms with van der Waals surface area (Å²) < 4.78 is 40.0. The van der Waals surface area contributed by atoms with Crippen molar-refractivity contribution in [3.8, 4) is 0 Å². The predicted molar refractivity (Wildman–Crippen MR) is 91.4 cm³/mol. The molecular formula is C21H29F3. The second kappa shape index (κ2) is 7.93. The average Bonchev–Trinajstić information content (AvgIpc) is 2.60. The van der Waals surface area contributed by atoms with E-state index >= 15 is 0 Å². The van der Waals surface area contributed by atoms with Gasteiger partial charge in [0.05, 0.1) is 0 Å². The molecule has 24 heavy (non-hydrogen) atoms. The number of hydrogen-bond acceptors (Lipinski definition) is 0. The van der Waals surface area contributed by atoms with E-state index in [0.717, 1.165) is 43.4 Å². The summed E-state index contributed by atoms with van der Waals surface area (Å²) in [5.41, 5.74) is 0.636. The summed E-state index contributed by atoms with van der Waals surface area (Å²) in [6.07, 6.45) is 12.4. The van der Waals surface area contributed by atoms with Crippen LogP contribution in [0.3, 0.4) is 0 Å². The van der Waals surface area contributed by atoms with Crippen LogP contribution in [0.4, 0.5) is 13.2 Å². The summed E-state index contributed by atoms with van der Waals surface area (Å²) >= 11 is 0. The SMILES string of the molecule is CCC[C@H]1CC[C@H](C2CCC(c3cc(F)c(F)c(F)c3)CC2)CC1. The fourth-order valence-electron chi connectivity index (χ4n) is 5.09. The van der Waals surface area contributed by atoms with Crippen molar-refractivity contribution in [1.82, 2.24) is 0 Å². The molecule has 134 valence electrons. The molecule has 0 unspecified atom stereocenters. The molecule has 0 heterocycles. The fraction of sp³-hybridized carbons (Fsp3) is 0.714. The third-order valence-corrected chi connectivity index (χ3v) is 6.50. The van der Waals surface area contributed by atoms with Crippen molar-refractivity contribution < 1.29 is 13.2 Å². The lowest BCUT2D eigenvalue weighted by Crippen LogP contribution is -2.25. The van der Waals surface area contributed by atoms with Crippen molar-refractivity contribution in [3.05, 3.63) is 35.1 Å². The molecule has 2 aliphatic carbocycles. The van der Waals surface area contributed by atoms with Gasteiger partial charge in [0.25, 0.3) is 0 Å². The third-order valence-electron chi connectivity index (χ3n) is 6.50. The van der Waals surface area contributed by atoms with Crippen molar-refractivity contribution in [2.24, 2.45) is 17.8 Å². The minimum Gasteiger partial charge on any atom is -0.204 e. The Hall–Kier alpha value is -0.990. The third kappa shape index (κ3) is 3.97. The highest BCUT2D eigenvalue weighted by atomic mass is 19.2. The van der Waals surface area contributed by atoms with Gasteiger partial charge in [0, 0.05) is 0 Å². The molecule has 0 aliphatic heterocycles. The molecule has 2 aliphatic rings. The van der Waals surface area contributed by atoms with E-state index in [-0.39, 0.29) is 5.92 Å². The molecule has 0 N–H and O–H groups in total. The summed E-state index contributed by atoms with van der Waals surface area (Å²) in [6.45, 7) is 2.27. The van der Waals surface area contributed by atoms with Gasteiger partial charge in [0.1, 0.15) is 0 Å². The fourth-order valence-corrected chi connectivity index (χ4v) is 5.09. The molecule has 2 saturated carbocycles. The summed E-state index contributed by atoms with van der Waals surface area (Å²) in [5, 5.41) is 0. The van der Waals surface area contributed by atoms with Gasteiger partial charge >= 0.3 is 0 Å². The number of benzene rings is 1. The Bertz CT molecular complexity index is 515. The van der Waals surface area contributed by atoms with Gasteiger partial charge in [-0.25, -0.2) is 13.2 Å². The van der Waals surface area contributed by atoms with Gasteiger partial charge in [-0.2, -0.15) is 0 Å². The Labute approximate surface area is 143 Å². The van der Waals surface area contributed by atoms with E-state index in [1.807, 2.05) is 0 Å². The largest absolute Gasteiger partial charge is 0.204 e. The van der Waals surface area contributed by atoms with E-state index in [4.69, 9.17) is 0 Å². The van der Waals surface area contributed by atoms with Crippen molar-refractivity contribution >= 4 is 0 Å². The predicted octanol–water partition coefficient (Wildman–Crippen LogP) is 6.98. The minimum atomic E-state index is -1.35. The summed E-state index contributed by atoms with van der Waals surface area (Å²) in [5.74, 6) is -0.714. The van der Waals surface area contributed by atoms with Crippen LogP contribution in [-0.4, -0.2) is 0 Å². The molecule has 0 radical (unpaired) electrons. The van der Waals surface area contributed by atoms with Gasteiger partial charge in [-0.05, 0) is 79.9 Å². The minimum absolute atomic E-state index is 0.183. The molecule has 0 nitrogen and oxygen atoms in total. The summed E-state index contributed by atoms with van der Waals surface area (Å²) in [7, 11) is 0. The van der Waals surface area contributed by atoms with E-state index in [0.29, 0.717) is 5.56 Å². The van der Waals surface area contributed by atoms with Crippen molar-refractivity contribution in [2.75, 3.05) is 0 Å². The van der Waals surface area contributed by atoms with E-state index in [9.17, 15) is 13.2 Å². The van der Waals surface area contributed by atoms with Crippen molar-refractivity contribution in [3.63, 3.8) is 0 Å². The van der Waals surface area contributed by atoms with Gasteiger partial charge in [0.15, 0.2) is 17.5 Å². The van der Waals surface area contributed by atoms with Crippen LogP contribution in [0.5, 0.6) is 0 Å². The molecule has 1 aromatic rings. The second-order valence-electron chi connectivity index (χ2n) is 7.98. The van der Waals surface area contributed by atoms with Gasteiger partial charge in [-0.1, -0.05) is 32.6 Å². The maximum atomic E-state index is 13.4. The smallest absolute Gasteiger partial charge is 0.194 e.